The summed E-state index contributed by atoms with van der Waals surface area (Å²) in [6, 6.07) is 6.43. The van der Waals surface area contributed by atoms with Gasteiger partial charge in [-0.2, -0.15) is 0 Å². The maximum atomic E-state index is 12.9. The highest BCUT2D eigenvalue weighted by Crippen LogP contribution is 2.13. The molecule has 0 radical (unpaired) electrons. The van der Waals surface area contributed by atoms with E-state index in [0.717, 1.165) is 5.56 Å². The van der Waals surface area contributed by atoms with Crippen LogP contribution in [0.1, 0.15) is 18.5 Å². The van der Waals surface area contributed by atoms with E-state index in [-0.39, 0.29) is 11.9 Å². The Kier molecular flexibility index (Phi) is 5.38. The first-order valence-electron chi connectivity index (χ1n) is 5.29. The number of hydrogen-bond donors (Lipinski definition) is 2. The van der Waals surface area contributed by atoms with Crippen LogP contribution in [0.15, 0.2) is 24.3 Å². The van der Waals surface area contributed by atoms with Crippen LogP contribution >= 0.6 is 0 Å². The molecule has 0 fully saturated rings. The lowest BCUT2D eigenvalue weighted by Gasteiger charge is -2.17. The summed E-state index contributed by atoms with van der Waals surface area (Å²) in [5, 5.41) is 12.6. The van der Waals surface area contributed by atoms with Gasteiger partial charge in [0, 0.05) is 19.7 Å². The van der Waals surface area contributed by atoms with Crippen molar-refractivity contribution >= 4 is 0 Å². The molecule has 0 bridgehead atoms. The fourth-order valence-corrected chi connectivity index (χ4v) is 1.46. The average molecular weight is 227 g/mol. The van der Waals surface area contributed by atoms with Crippen LogP contribution in [0.3, 0.4) is 0 Å². The van der Waals surface area contributed by atoms with E-state index in [1.54, 1.807) is 13.2 Å². The lowest BCUT2D eigenvalue weighted by molar-refractivity contribution is 0.0630. The monoisotopic (exact) mass is 227 g/mol. The van der Waals surface area contributed by atoms with Crippen molar-refractivity contribution in [3.63, 3.8) is 0 Å². The molecule has 4 heteroatoms. The molecule has 1 rings (SSSR count). The van der Waals surface area contributed by atoms with Crippen molar-refractivity contribution in [2.45, 2.75) is 19.1 Å². The van der Waals surface area contributed by atoms with Crippen molar-refractivity contribution in [1.29, 1.82) is 0 Å². The van der Waals surface area contributed by atoms with Gasteiger partial charge in [0.2, 0.25) is 0 Å². The number of rotatable bonds is 6. The van der Waals surface area contributed by atoms with Gasteiger partial charge in [-0.1, -0.05) is 12.1 Å². The maximum Gasteiger partial charge on any atom is 0.123 e. The van der Waals surface area contributed by atoms with Crippen LogP contribution in [0.5, 0.6) is 0 Å². The van der Waals surface area contributed by atoms with E-state index in [9.17, 15) is 9.50 Å². The van der Waals surface area contributed by atoms with E-state index in [4.69, 9.17) is 4.74 Å². The van der Waals surface area contributed by atoms with Crippen LogP contribution < -0.4 is 5.32 Å². The Morgan fingerprint density at radius 3 is 2.88 bits per heavy atom. The van der Waals surface area contributed by atoms with Gasteiger partial charge in [0.25, 0.3) is 0 Å². The third-order valence-electron chi connectivity index (χ3n) is 2.37. The van der Waals surface area contributed by atoms with Gasteiger partial charge in [-0.3, -0.25) is 0 Å². The minimum absolute atomic E-state index is 0.00204. The van der Waals surface area contributed by atoms with Gasteiger partial charge >= 0.3 is 0 Å². The standard InChI is InChI=1S/C12H18FNO2/c1-9(14-7-12(15)8-16-2)10-4-3-5-11(13)6-10/h3-6,9,12,14-15H,7-8H2,1-2H3/t9-,12?/m0/s1. The largest absolute Gasteiger partial charge is 0.389 e. The highest BCUT2D eigenvalue weighted by molar-refractivity contribution is 5.19. The summed E-state index contributed by atoms with van der Waals surface area (Å²) in [5.74, 6) is -0.247. The molecule has 0 heterocycles. The molecular weight excluding hydrogens is 209 g/mol. The number of nitrogens with one attached hydrogen (secondary N) is 1. The average Bonchev–Trinajstić information content (AvgIpc) is 2.26. The van der Waals surface area contributed by atoms with Crippen molar-refractivity contribution in [1.82, 2.24) is 5.32 Å². The van der Waals surface area contributed by atoms with Crippen LogP contribution in [0, 0.1) is 5.82 Å². The molecule has 0 spiro atoms. The molecule has 3 nitrogen and oxygen atoms in total. The topological polar surface area (TPSA) is 41.5 Å². The third-order valence-corrected chi connectivity index (χ3v) is 2.37. The molecule has 0 aliphatic rings. The van der Waals surface area contributed by atoms with Crippen LogP contribution in [0.2, 0.25) is 0 Å². The zero-order valence-electron chi connectivity index (χ0n) is 9.61. The van der Waals surface area contributed by atoms with E-state index >= 15 is 0 Å². The van der Waals surface area contributed by atoms with Crippen LogP contribution in [-0.2, 0) is 4.74 Å². The zero-order chi connectivity index (χ0) is 12.0. The van der Waals surface area contributed by atoms with Gasteiger partial charge in [-0.25, -0.2) is 4.39 Å². The van der Waals surface area contributed by atoms with Crippen molar-refractivity contribution in [2.75, 3.05) is 20.3 Å². The van der Waals surface area contributed by atoms with E-state index in [1.165, 1.54) is 12.1 Å². The zero-order valence-corrected chi connectivity index (χ0v) is 9.61. The lowest BCUT2D eigenvalue weighted by Crippen LogP contribution is -2.31. The van der Waals surface area contributed by atoms with Crippen LogP contribution in [-0.4, -0.2) is 31.5 Å². The predicted octanol–water partition coefficient (Wildman–Crippen LogP) is 1.48. The van der Waals surface area contributed by atoms with E-state index < -0.39 is 6.10 Å². The van der Waals surface area contributed by atoms with Gasteiger partial charge in [-0.15, -0.1) is 0 Å². The molecule has 90 valence electrons. The summed E-state index contributed by atoms with van der Waals surface area (Å²) in [5.41, 5.74) is 0.865. The summed E-state index contributed by atoms with van der Waals surface area (Å²) in [7, 11) is 1.54. The number of ether oxygens (including phenoxy) is 1. The quantitative estimate of drug-likeness (QED) is 0.773. The third kappa shape index (κ3) is 4.26. The van der Waals surface area contributed by atoms with Gasteiger partial charge in [-0.05, 0) is 24.6 Å². The predicted molar refractivity (Wildman–Crippen MR) is 60.7 cm³/mol. The van der Waals surface area contributed by atoms with E-state index in [0.29, 0.717) is 13.2 Å². The second kappa shape index (κ2) is 6.58. The molecule has 2 N–H and O–H groups in total. The van der Waals surface area contributed by atoms with Crippen LogP contribution in [0.4, 0.5) is 4.39 Å². The number of aliphatic hydroxyl groups is 1. The van der Waals surface area contributed by atoms with Crippen molar-refractivity contribution in [3.05, 3.63) is 35.6 Å². The summed E-state index contributed by atoms with van der Waals surface area (Å²) in [6.45, 7) is 2.64. The Hall–Kier alpha value is -0.970. The smallest absolute Gasteiger partial charge is 0.123 e. The SMILES string of the molecule is COCC(O)CN[C@@H](C)c1cccc(F)c1. The first-order chi connectivity index (χ1) is 7.63. The summed E-state index contributed by atoms with van der Waals surface area (Å²) >= 11 is 0. The first kappa shape index (κ1) is 13.1. The van der Waals surface area contributed by atoms with Crippen molar-refractivity contribution < 1.29 is 14.2 Å². The summed E-state index contributed by atoms with van der Waals surface area (Å²) in [6.07, 6.45) is -0.541. The molecule has 0 saturated heterocycles. The lowest BCUT2D eigenvalue weighted by atomic mass is 10.1. The molecule has 2 atom stereocenters. The Morgan fingerprint density at radius 1 is 1.50 bits per heavy atom. The molecule has 0 aliphatic carbocycles. The molecule has 16 heavy (non-hydrogen) atoms. The van der Waals surface area contributed by atoms with Gasteiger partial charge in [0.05, 0.1) is 12.7 Å². The first-order valence-corrected chi connectivity index (χ1v) is 5.29. The van der Waals surface area contributed by atoms with Gasteiger partial charge in [0.1, 0.15) is 5.82 Å². The van der Waals surface area contributed by atoms with Crippen molar-refractivity contribution in [3.8, 4) is 0 Å². The summed E-state index contributed by atoms with van der Waals surface area (Å²) in [4.78, 5) is 0. The highest BCUT2D eigenvalue weighted by atomic mass is 19.1. The normalized spacial score (nSPS) is 14.8. The highest BCUT2D eigenvalue weighted by Gasteiger charge is 2.08. The second-order valence-electron chi connectivity index (χ2n) is 3.79. The van der Waals surface area contributed by atoms with Crippen LogP contribution in [0.25, 0.3) is 0 Å². The minimum Gasteiger partial charge on any atom is -0.389 e. The number of halogens is 1. The Morgan fingerprint density at radius 2 is 2.25 bits per heavy atom. The Bertz CT molecular complexity index is 320. The maximum absolute atomic E-state index is 12.9. The molecule has 0 aromatic heterocycles. The molecule has 1 aromatic rings. The molecular formula is C12H18FNO2. The summed E-state index contributed by atoms with van der Waals surface area (Å²) < 4.78 is 17.8. The molecule has 1 unspecified atom stereocenters. The van der Waals surface area contributed by atoms with E-state index in [2.05, 4.69) is 5.32 Å². The minimum atomic E-state index is -0.541. The number of benzene rings is 1. The molecule has 0 saturated carbocycles. The van der Waals surface area contributed by atoms with Gasteiger partial charge < -0.3 is 15.2 Å². The fourth-order valence-electron chi connectivity index (χ4n) is 1.46. The number of hydrogen-bond acceptors (Lipinski definition) is 3. The Labute approximate surface area is 95.2 Å². The van der Waals surface area contributed by atoms with Crippen molar-refractivity contribution in [2.24, 2.45) is 0 Å². The number of aliphatic hydroxyl groups excluding tert-OH is 1. The van der Waals surface area contributed by atoms with Gasteiger partial charge in [0.15, 0.2) is 0 Å². The fraction of sp³-hybridized carbons (Fsp3) is 0.500. The molecule has 0 aliphatic heterocycles. The molecule has 0 amide bonds. The second-order valence-corrected chi connectivity index (χ2v) is 3.79. The molecule has 1 aromatic carbocycles. The number of methoxy groups -OCH3 is 1. The van der Waals surface area contributed by atoms with E-state index in [1.807, 2.05) is 13.0 Å². The Balaban J connectivity index is 2.43.